The lowest BCUT2D eigenvalue weighted by Crippen LogP contribution is -2.46. The summed E-state index contributed by atoms with van der Waals surface area (Å²) >= 11 is 0. The average molecular weight is 324 g/mol. The molecule has 0 saturated carbocycles. The zero-order valence-electron chi connectivity index (χ0n) is 14.0. The molecule has 0 aliphatic carbocycles. The van der Waals surface area contributed by atoms with Crippen LogP contribution in [0.25, 0.3) is 0 Å². The molecule has 128 valence electrons. The molecule has 1 aromatic rings. The Morgan fingerprint density at radius 2 is 2.04 bits per heavy atom. The van der Waals surface area contributed by atoms with E-state index in [0.29, 0.717) is 6.54 Å². The fourth-order valence-corrected chi connectivity index (χ4v) is 2.20. The van der Waals surface area contributed by atoms with E-state index in [1.54, 1.807) is 4.57 Å². The molecule has 1 rings (SSSR count). The van der Waals surface area contributed by atoms with Crippen molar-refractivity contribution >= 4 is 11.9 Å². The number of aromatic nitrogens is 1. The molecule has 1 heterocycles. The van der Waals surface area contributed by atoms with Gasteiger partial charge in [0.05, 0.1) is 13.7 Å². The van der Waals surface area contributed by atoms with E-state index in [1.807, 2.05) is 20.8 Å². The highest BCUT2D eigenvalue weighted by Gasteiger charge is 2.23. The quantitative estimate of drug-likeness (QED) is 0.713. The third-order valence-electron chi connectivity index (χ3n) is 3.77. The number of aliphatic hydroxyl groups is 1. The molecule has 0 fully saturated rings. The van der Waals surface area contributed by atoms with Gasteiger partial charge in [0.2, 0.25) is 0 Å². The maximum Gasteiger partial charge on any atom is 0.330 e. The number of aryl methyl sites for hydroxylation is 1. The smallest absolute Gasteiger partial charge is 0.330 e. The Labute approximate surface area is 135 Å². The number of pyridine rings is 1. The van der Waals surface area contributed by atoms with Crippen molar-refractivity contribution in [1.29, 1.82) is 0 Å². The monoisotopic (exact) mass is 324 g/mol. The third-order valence-corrected chi connectivity index (χ3v) is 3.77. The molecule has 0 aromatic carbocycles. The van der Waals surface area contributed by atoms with Crippen LogP contribution in [0.2, 0.25) is 0 Å². The minimum absolute atomic E-state index is 0.0495. The van der Waals surface area contributed by atoms with Crippen LogP contribution < -0.4 is 10.9 Å². The highest BCUT2D eigenvalue weighted by atomic mass is 16.5. The van der Waals surface area contributed by atoms with Gasteiger partial charge in [0.1, 0.15) is 5.56 Å². The number of amides is 1. The average Bonchev–Trinajstić information content (AvgIpc) is 2.54. The number of hydrogen-bond acceptors (Lipinski definition) is 5. The maximum atomic E-state index is 12.5. The van der Waals surface area contributed by atoms with E-state index in [1.165, 1.54) is 6.07 Å². The molecule has 0 unspecified atom stereocenters. The minimum atomic E-state index is -1.20. The Morgan fingerprint density at radius 1 is 1.39 bits per heavy atom. The number of ether oxygens (including phenoxy) is 1. The number of rotatable bonds is 7. The number of unbranched alkanes of at least 4 members (excludes halogenated alkanes) is 1. The molecule has 0 radical (unpaired) electrons. The van der Waals surface area contributed by atoms with Crippen LogP contribution in [0.5, 0.6) is 0 Å². The Morgan fingerprint density at radius 3 is 2.57 bits per heavy atom. The van der Waals surface area contributed by atoms with Crippen molar-refractivity contribution in [3.63, 3.8) is 0 Å². The van der Waals surface area contributed by atoms with E-state index in [0.717, 1.165) is 31.2 Å². The number of aliphatic hydroxyl groups excluding tert-OH is 1. The van der Waals surface area contributed by atoms with E-state index in [9.17, 15) is 14.4 Å². The summed E-state index contributed by atoms with van der Waals surface area (Å²) in [4.78, 5) is 36.3. The first-order valence-corrected chi connectivity index (χ1v) is 7.57. The van der Waals surface area contributed by atoms with Crippen molar-refractivity contribution in [3.8, 4) is 0 Å². The van der Waals surface area contributed by atoms with Gasteiger partial charge in [-0.15, -0.1) is 0 Å². The Kier molecular flexibility index (Phi) is 6.96. The highest BCUT2D eigenvalue weighted by molar-refractivity contribution is 5.96. The second-order valence-corrected chi connectivity index (χ2v) is 5.37. The van der Waals surface area contributed by atoms with Crippen molar-refractivity contribution in [1.82, 2.24) is 9.88 Å². The van der Waals surface area contributed by atoms with Gasteiger partial charge in [-0.1, -0.05) is 13.3 Å². The molecule has 1 amide bonds. The van der Waals surface area contributed by atoms with E-state index in [-0.39, 0.29) is 5.56 Å². The van der Waals surface area contributed by atoms with Crippen LogP contribution in [0.15, 0.2) is 10.9 Å². The molecule has 0 spiro atoms. The van der Waals surface area contributed by atoms with Gasteiger partial charge in [0, 0.05) is 12.2 Å². The van der Waals surface area contributed by atoms with Crippen molar-refractivity contribution in [3.05, 3.63) is 33.2 Å². The molecular weight excluding hydrogens is 300 g/mol. The minimum Gasteiger partial charge on any atom is -0.467 e. The van der Waals surface area contributed by atoms with Gasteiger partial charge >= 0.3 is 5.97 Å². The van der Waals surface area contributed by atoms with Gasteiger partial charge in [-0.2, -0.15) is 0 Å². The summed E-state index contributed by atoms with van der Waals surface area (Å²) < 4.78 is 6.06. The molecule has 0 aliphatic heterocycles. The second-order valence-electron chi connectivity index (χ2n) is 5.37. The van der Waals surface area contributed by atoms with Gasteiger partial charge in [-0.3, -0.25) is 9.59 Å². The molecule has 1 aromatic heterocycles. The summed E-state index contributed by atoms with van der Waals surface area (Å²) in [6, 6.07) is 0.304. The molecular formula is C16H24N2O5. The topological polar surface area (TPSA) is 97.6 Å². The van der Waals surface area contributed by atoms with Crippen molar-refractivity contribution in [2.24, 2.45) is 0 Å². The first-order valence-electron chi connectivity index (χ1n) is 7.57. The van der Waals surface area contributed by atoms with Crippen LogP contribution >= 0.6 is 0 Å². The van der Waals surface area contributed by atoms with Crippen LogP contribution in [-0.4, -0.2) is 41.3 Å². The summed E-state index contributed by atoms with van der Waals surface area (Å²) in [6.45, 7) is 5.60. The van der Waals surface area contributed by atoms with E-state index < -0.39 is 30.1 Å². The molecule has 1 atom stereocenters. The first-order chi connectivity index (χ1) is 10.9. The fraction of sp³-hybridized carbons (Fsp3) is 0.562. The lowest BCUT2D eigenvalue weighted by atomic mass is 10.1. The molecule has 7 heteroatoms. The standard InChI is InChI=1S/C16H24N2O5/c1-5-6-7-18-11(3)10(2)8-12(15(18)21)14(20)17-13(9-19)16(22)23-4/h8,13,19H,5-7,9H2,1-4H3,(H,17,20)/t13-/m0/s1. The summed E-state index contributed by atoms with van der Waals surface area (Å²) in [5.74, 6) is -1.47. The maximum absolute atomic E-state index is 12.5. The number of methoxy groups -OCH3 is 1. The van der Waals surface area contributed by atoms with Crippen LogP contribution in [-0.2, 0) is 16.1 Å². The Hall–Kier alpha value is -2.15. The number of carbonyl (C=O) groups excluding carboxylic acids is 2. The lowest BCUT2D eigenvalue weighted by molar-refractivity contribution is -0.143. The molecule has 0 saturated heterocycles. The Bertz CT molecular complexity index is 636. The van der Waals surface area contributed by atoms with Crippen molar-refractivity contribution in [2.45, 2.75) is 46.2 Å². The summed E-state index contributed by atoms with van der Waals surface area (Å²) in [6.07, 6.45) is 1.75. The molecule has 2 N–H and O–H groups in total. The van der Waals surface area contributed by atoms with Gasteiger partial charge in [0.15, 0.2) is 6.04 Å². The van der Waals surface area contributed by atoms with Crippen molar-refractivity contribution in [2.75, 3.05) is 13.7 Å². The zero-order chi connectivity index (χ0) is 17.6. The summed E-state index contributed by atoms with van der Waals surface area (Å²) in [5.41, 5.74) is 1.17. The molecule has 0 aliphatic rings. The lowest BCUT2D eigenvalue weighted by Gasteiger charge is -2.16. The van der Waals surface area contributed by atoms with E-state index in [2.05, 4.69) is 10.1 Å². The largest absolute Gasteiger partial charge is 0.467 e. The van der Waals surface area contributed by atoms with Gasteiger partial charge in [0.25, 0.3) is 11.5 Å². The summed E-state index contributed by atoms with van der Waals surface area (Å²) in [5, 5.41) is 11.5. The SMILES string of the molecule is CCCCn1c(C)c(C)cc(C(=O)N[C@@H](CO)C(=O)OC)c1=O. The third kappa shape index (κ3) is 4.41. The second kappa shape index (κ2) is 8.47. The molecule has 23 heavy (non-hydrogen) atoms. The van der Waals surface area contributed by atoms with E-state index in [4.69, 9.17) is 5.11 Å². The van der Waals surface area contributed by atoms with E-state index >= 15 is 0 Å². The molecule has 0 bridgehead atoms. The number of nitrogens with zero attached hydrogens (tertiary/aromatic N) is 1. The number of carbonyl (C=O) groups is 2. The normalized spacial score (nSPS) is 11.9. The van der Waals surface area contributed by atoms with Gasteiger partial charge < -0.3 is 19.7 Å². The highest BCUT2D eigenvalue weighted by Crippen LogP contribution is 2.08. The predicted octanol–water partition coefficient (Wildman–Crippen LogP) is 0.529. The zero-order valence-corrected chi connectivity index (χ0v) is 14.0. The van der Waals surface area contributed by atoms with Crippen molar-refractivity contribution < 1.29 is 19.4 Å². The van der Waals surface area contributed by atoms with Gasteiger partial charge in [-0.25, -0.2) is 4.79 Å². The van der Waals surface area contributed by atoms with Crippen LogP contribution in [0, 0.1) is 13.8 Å². The van der Waals surface area contributed by atoms with Crippen LogP contribution in [0.1, 0.15) is 41.4 Å². The number of hydrogen-bond donors (Lipinski definition) is 2. The van der Waals surface area contributed by atoms with Gasteiger partial charge in [-0.05, 0) is 31.9 Å². The summed E-state index contributed by atoms with van der Waals surface area (Å²) in [7, 11) is 1.16. The van der Waals surface area contributed by atoms with Crippen LogP contribution in [0.4, 0.5) is 0 Å². The molecule has 7 nitrogen and oxygen atoms in total. The number of nitrogens with one attached hydrogen (secondary N) is 1. The Balaban J connectivity index is 3.17. The predicted molar refractivity (Wildman–Crippen MR) is 85.4 cm³/mol. The number of esters is 1. The fourth-order valence-electron chi connectivity index (χ4n) is 2.20. The first kappa shape index (κ1) is 18.9. The van der Waals surface area contributed by atoms with Crippen LogP contribution in [0.3, 0.4) is 0 Å².